The van der Waals surface area contributed by atoms with E-state index >= 15 is 0 Å². The van der Waals surface area contributed by atoms with Crippen molar-refractivity contribution in [1.29, 1.82) is 0 Å². The molecule has 0 atom stereocenters. The lowest BCUT2D eigenvalue weighted by atomic mass is 10.1. The second kappa shape index (κ2) is 11.2. The molecule has 0 unspecified atom stereocenters. The standard InChI is InChI=1S/C27H25FN4O3/c1-18-9-11-19(12-10-18)17-29-27(34)22-5-2-3-6-23(22)30-24(33)7-4-8-25-31-26(32-35-25)20-13-15-21(28)16-14-20/h2-3,5-6,9-16H,4,7-8,17H2,1H3,(H,29,34)(H,30,33). The zero-order valence-corrected chi connectivity index (χ0v) is 19.3. The number of hydrogen-bond donors (Lipinski definition) is 2. The third kappa shape index (κ3) is 6.60. The molecule has 0 radical (unpaired) electrons. The number of nitrogens with one attached hydrogen (secondary N) is 2. The molecular weight excluding hydrogens is 447 g/mol. The number of aromatic nitrogens is 2. The molecule has 0 aliphatic carbocycles. The van der Waals surface area contributed by atoms with Gasteiger partial charge in [-0.3, -0.25) is 9.59 Å². The fraction of sp³-hybridized carbons (Fsp3) is 0.185. The number of halogens is 1. The smallest absolute Gasteiger partial charge is 0.253 e. The van der Waals surface area contributed by atoms with Gasteiger partial charge in [0.2, 0.25) is 17.6 Å². The van der Waals surface area contributed by atoms with Crippen molar-refractivity contribution in [2.24, 2.45) is 0 Å². The van der Waals surface area contributed by atoms with E-state index in [-0.39, 0.29) is 24.1 Å². The molecule has 2 amide bonds. The number of anilines is 1. The van der Waals surface area contributed by atoms with Crippen molar-refractivity contribution in [3.8, 4) is 11.4 Å². The highest BCUT2D eigenvalue weighted by Gasteiger charge is 2.14. The minimum Gasteiger partial charge on any atom is -0.348 e. The monoisotopic (exact) mass is 472 g/mol. The van der Waals surface area contributed by atoms with Crippen molar-refractivity contribution in [3.63, 3.8) is 0 Å². The molecule has 0 saturated heterocycles. The molecule has 0 bridgehead atoms. The van der Waals surface area contributed by atoms with E-state index in [0.717, 1.165) is 11.1 Å². The van der Waals surface area contributed by atoms with Crippen molar-refractivity contribution in [1.82, 2.24) is 15.5 Å². The Hall–Kier alpha value is -4.33. The van der Waals surface area contributed by atoms with E-state index < -0.39 is 0 Å². The first-order valence-electron chi connectivity index (χ1n) is 11.3. The van der Waals surface area contributed by atoms with Gasteiger partial charge >= 0.3 is 0 Å². The number of aryl methyl sites for hydroxylation is 2. The van der Waals surface area contributed by atoms with Crippen LogP contribution in [-0.2, 0) is 17.8 Å². The van der Waals surface area contributed by atoms with Crippen LogP contribution < -0.4 is 10.6 Å². The summed E-state index contributed by atoms with van der Waals surface area (Å²) in [5.74, 6) is -0.0560. The number of nitrogens with zero attached hydrogens (tertiary/aromatic N) is 2. The largest absolute Gasteiger partial charge is 0.348 e. The van der Waals surface area contributed by atoms with Gasteiger partial charge in [0.05, 0.1) is 11.3 Å². The number of carbonyl (C=O) groups is 2. The van der Waals surface area contributed by atoms with Crippen LogP contribution in [0.25, 0.3) is 11.4 Å². The van der Waals surface area contributed by atoms with Gasteiger partial charge in [0, 0.05) is 24.9 Å². The maximum absolute atomic E-state index is 13.1. The molecule has 178 valence electrons. The SMILES string of the molecule is Cc1ccc(CNC(=O)c2ccccc2NC(=O)CCCc2nc(-c3ccc(F)cc3)no2)cc1. The van der Waals surface area contributed by atoms with Crippen LogP contribution in [0.3, 0.4) is 0 Å². The van der Waals surface area contributed by atoms with Gasteiger partial charge in [-0.2, -0.15) is 4.98 Å². The minimum absolute atomic E-state index is 0.216. The summed E-state index contributed by atoms with van der Waals surface area (Å²) in [7, 11) is 0. The zero-order chi connectivity index (χ0) is 24.6. The number of para-hydroxylation sites is 1. The van der Waals surface area contributed by atoms with Crippen LogP contribution in [-0.4, -0.2) is 22.0 Å². The molecule has 1 aromatic heterocycles. The number of rotatable bonds is 9. The van der Waals surface area contributed by atoms with Gasteiger partial charge in [0.1, 0.15) is 5.82 Å². The molecule has 0 saturated carbocycles. The molecule has 4 rings (SSSR count). The normalized spacial score (nSPS) is 10.7. The van der Waals surface area contributed by atoms with Gasteiger partial charge in [-0.25, -0.2) is 4.39 Å². The molecule has 3 aromatic carbocycles. The predicted octanol–water partition coefficient (Wildman–Crippen LogP) is 5.08. The van der Waals surface area contributed by atoms with Crippen LogP contribution in [0.5, 0.6) is 0 Å². The van der Waals surface area contributed by atoms with E-state index in [9.17, 15) is 14.0 Å². The highest BCUT2D eigenvalue weighted by molar-refractivity contribution is 6.03. The van der Waals surface area contributed by atoms with Crippen molar-refractivity contribution >= 4 is 17.5 Å². The Morgan fingerprint density at radius 2 is 1.71 bits per heavy atom. The fourth-order valence-corrected chi connectivity index (χ4v) is 3.46. The van der Waals surface area contributed by atoms with Crippen LogP contribution in [0.4, 0.5) is 10.1 Å². The van der Waals surface area contributed by atoms with Gasteiger partial charge in [0.15, 0.2) is 0 Å². The Labute approximate surface area is 202 Å². The molecule has 1 heterocycles. The number of carbonyl (C=O) groups excluding carboxylic acids is 2. The quantitative estimate of drug-likeness (QED) is 0.354. The second-order valence-corrected chi connectivity index (χ2v) is 8.13. The third-order valence-corrected chi connectivity index (χ3v) is 5.38. The van der Waals surface area contributed by atoms with Gasteiger partial charge in [0.25, 0.3) is 5.91 Å². The molecule has 0 spiro atoms. The van der Waals surface area contributed by atoms with E-state index in [0.29, 0.717) is 47.9 Å². The molecule has 35 heavy (non-hydrogen) atoms. The molecule has 2 N–H and O–H groups in total. The summed E-state index contributed by atoms with van der Waals surface area (Å²) in [5, 5.41) is 9.61. The van der Waals surface area contributed by atoms with E-state index in [1.165, 1.54) is 12.1 Å². The van der Waals surface area contributed by atoms with Crippen molar-refractivity contribution in [3.05, 3.63) is 101 Å². The van der Waals surface area contributed by atoms with Gasteiger partial charge < -0.3 is 15.2 Å². The van der Waals surface area contributed by atoms with Crippen LogP contribution in [0.15, 0.2) is 77.3 Å². The Balaban J connectivity index is 1.28. The number of hydrogen-bond acceptors (Lipinski definition) is 5. The minimum atomic E-state index is -0.339. The average Bonchev–Trinajstić information content (AvgIpc) is 3.33. The van der Waals surface area contributed by atoms with Crippen LogP contribution in [0.1, 0.15) is 40.2 Å². The summed E-state index contributed by atoms with van der Waals surface area (Å²) >= 11 is 0. The average molecular weight is 473 g/mol. The van der Waals surface area contributed by atoms with E-state index in [4.69, 9.17) is 4.52 Å². The second-order valence-electron chi connectivity index (χ2n) is 8.13. The fourth-order valence-electron chi connectivity index (χ4n) is 3.46. The van der Waals surface area contributed by atoms with Gasteiger partial charge in [-0.15, -0.1) is 0 Å². The van der Waals surface area contributed by atoms with Crippen molar-refractivity contribution < 1.29 is 18.5 Å². The Morgan fingerprint density at radius 1 is 0.971 bits per heavy atom. The molecule has 0 aliphatic heterocycles. The first-order chi connectivity index (χ1) is 17.0. The number of amides is 2. The molecular formula is C27H25FN4O3. The summed E-state index contributed by atoms with van der Waals surface area (Å²) in [6, 6.07) is 20.6. The van der Waals surface area contributed by atoms with Crippen LogP contribution in [0.2, 0.25) is 0 Å². The highest BCUT2D eigenvalue weighted by atomic mass is 19.1. The van der Waals surface area contributed by atoms with E-state index in [1.54, 1.807) is 36.4 Å². The molecule has 7 nitrogen and oxygen atoms in total. The predicted molar refractivity (Wildman–Crippen MR) is 130 cm³/mol. The van der Waals surface area contributed by atoms with Crippen LogP contribution >= 0.6 is 0 Å². The summed E-state index contributed by atoms with van der Waals surface area (Å²) in [6.45, 7) is 2.40. The molecule has 0 aliphatic rings. The number of benzene rings is 3. The van der Waals surface area contributed by atoms with Crippen LogP contribution in [0, 0.1) is 12.7 Å². The summed E-state index contributed by atoms with van der Waals surface area (Å²) < 4.78 is 18.3. The lowest BCUT2D eigenvalue weighted by molar-refractivity contribution is -0.116. The Bertz CT molecular complexity index is 1300. The van der Waals surface area contributed by atoms with Crippen molar-refractivity contribution in [2.75, 3.05) is 5.32 Å². The molecule has 8 heteroatoms. The first kappa shape index (κ1) is 23.8. The topological polar surface area (TPSA) is 97.1 Å². The molecule has 4 aromatic rings. The Kier molecular flexibility index (Phi) is 7.62. The maximum Gasteiger partial charge on any atom is 0.253 e. The zero-order valence-electron chi connectivity index (χ0n) is 19.3. The lowest BCUT2D eigenvalue weighted by Gasteiger charge is -2.11. The molecule has 0 fully saturated rings. The summed E-state index contributed by atoms with van der Waals surface area (Å²) in [4.78, 5) is 29.5. The van der Waals surface area contributed by atoms with Gasteiger partial charge in [-0.05, 0) is 55.3 Å². The first-order valence-corrected chi connectivity index (χ1v) is 11.3. The maximum atomic E-state index is 13.1. The summed E-state index contributed by atoms with van der Waals surface area (Å²) in [5.41, 5.74) is 3.65. The van der Waals surface area contributed by atoms with E-state index in [1.807, 2.05) is 31.2 Å². The summed E-state index contributed by atoms with van der Waals surface area (Å²) in [6.07, 6.45) is 1.12. The van der Waals surface area contributed by atoms with Gasteiger partial charge in [-0.1, -0.05) is 47.1 Å². The lowest BCUT2D eigenvalue weighted by Crippen LogP contribution is -2.24. The van der Waals surface area contributed by atoms with Crippen molar-refractivity contribution in [2.45, 2.75) is 32.7 Å². The third-order valence-electron chi connectivity index (χ3n) is 5.38. The highest BCUT2D eigenvalue weighted by Crippen LogP contribution is 2.18. The Morgan fingerprint density at radius 3 is 2.49 bits per heavy atom. The van der Waals surface area contributed by atoms with E-state index in [2.05, 4.69) is 20.8 Å².